The van der Waals surface area contributed by atoms with Gasteiger partial charge in [0, 0.05) is 5.69 Å². The van der Waals surface area contributed by atoms with Gasteiger partial charge >= 0.3 is 0 Å². The molecule has 0 heterocycles. The van der Waals surface area contributed by atoms with Crippen molar-refractivity contribution in [2.75, 3.05) is 12.0 Å². The van der Waals surface area contributed by atoms with Gasteiger partial charge in [0.05, 0.1) is 6.61 Å². The molecular weight excluding hydrogens is 176 g/mol. The van der Waals surface area contributed by atoms with Crippen LogP contribution in [-0.4, -0.2) is 6.61 Å². The van der Waals surface area contributed by atoms with E-state index in [-0.39, 0.29) is 5.41 Å². The van der Waals surface area contributed by atoms with E-state index in [9.17, 15) is 0 Å². The van der Waals surface area contributed by atoms with Gasteiger partial charge in [-0.2, -0.15) is 0 Å². The lowest BCUT2D eigenvalue weighted by molar-refractivity contribution is 0.198. The van der Waals surface area contributed by atoms with E-state index < -0.39 is 0 Å². The minimum absolute atomic E-state index is 0.185. The summed E-state index contributed by atoms with van der Waals surface area (Å²) in [4.78, 5) is 0. The molecule has 0 amide bonds. The molecule has 0 spiro atoms. The molecule has 1 aromatic rings. The highest BCUT2D eigenvalue weighted by molar-refractivity contribution is 5.45. The van der Waals surface area contributed by atoms with Gasteiger partial charge in [0.25, 0.3) is 0 Å². The first kappa shape index (κ1) is 10.9. The quantitative estimate of drug-likeness (QED) is 0.573. The normalized spacial score (nSPS) is 11.1. The molecule has 3 nitrogen and oxygen atoms in total. The van der Waals surface area contributed by atoms with Gasteiger partial charge in [0.2, 0.25) is 0 Å². The van der Waals surface area contributed by atoms with Crippen LogP contribution in [-0.2, 0) is 0 Å². The summed E-state index contributed by atoms with van der Waals surface area (Å²) in [5.41, 5.74) is 3.64. The molecule has 14 heavy (non-hydrogen) atoms. The highest BCUT2D eigenvalue weighted by Crippen LogP contribution is 2.19. The van der Waals surface area contributed by atoms with Crippen molar-refractivity contribution in [3.8, 4) is 5.75 Å². The zero-order valence-electron chi connectivity index (χ0n) is 9.00. The first-order valence-corrected chi connectivity index (χ1v) is 4.71. The lowest BCUT2D eigenvalue weighted by Gasteiger charge is -2.18. The Kier molecular flexibility index (Phi) is 3.36. The van der Waals surface area contributed by atoms with E-state index in [2.05, 4.69) is 26.2 Å². The monoisotopic (exact) mass is 194 g/mol. The summed E-state index contributed by atoms with van der Waals surface area (Å²) < 4.78 is 5.60. The van der Waals surface area contributed by atoms with Gasteiger partial charge in [0.1, 0.15) is 5.75 Å². The molecule has 0 fully saturated rings. The summed E-state index contributed by atoms with van der Waals surface area (Å²) in [5.74, 6) is 6.13. The number of nitrogens with two attached hydrogens (primary N) is 1. The molecular formula is C11H18N2O. The van der Waals surface area contributed by atoms with Crippen molar-refractivity contribution in [2.45, 2.75) is 20.8 Å². The maximum atomic E-state index is 5.60. The van der Waals surface area contributed by atoms with Crippen LogP contribution in [0.1, 0.15) is 20.8 Å². The van der Waals surface area contributed by atoms with Gasteiger partial charge < -0.3 is 10.2 Å². The summed E-state index contributed by atoms with van der Waals surface area (Å²) in [6.45, 7) is 7.14. The lowest BCUT2D eigenvalue weighted by atomic mass is 9.99. The van der Waals surface area contributed by atoms with Crippen molar-refractivity contribution in [3.05, 3.63) is 24.3 Å². The fourth-order valence-corrected chi connectivity index (χ4v) is 0.947. The van der Waals surface area contributed by atoms with Crippen LogP contribution in [0.3, 0.4) is 0 Å². The number of rotatable bonds is 3. The second kappa shape index (κ2) is 4.33. The third-order valence-corrected chi connectivity index (χ3v) is 1.69. The van der Waals surface area contributed by atoms with Crippen LogP contribution in [0.15, 0.2) is 24.3 Å². The molecule has 0 aliphatic heterocycles. The molecule has 0 bridgehead atoms. The summed E-state index contributed by atoms with van der Waals surface area (Å²) >= 11 is 0. The van der Waals surface area contributed by atoms with Crippen LogP contribution < -0.4 is 16.0 Å². The Morgan fingerprint density at radius 3 is 2.21 bits per heavy atom. The number of anilines is 1. The number of hydrogen-bond acceptors (Lipinski definition) is 3. The van der Waals surface area contributed by atoms with E-state index in [1.165, 1.54) is 0 Å². The van der Waals surface area contributed by atoms with E-state index in [0.717, 1.165) is 11.4 Å². The average Bonchev–Trinajstić information content (AvgIpc) is 2.14. The number of hydrazine groups is 1. The number of nitrogen functional groups attached to an aromatic ring is 1. The van der Waals surface area contributed by atoms with Gasteiger partial charge in [-0.05, 0) is 29.7 Å². The van der Waals surface area contributed by atoms with Crippen molar-refractivity contribution in [2.24, 2.45) is 11.3 Å². The molecule has 1 rings (SSSR count). The van der Waals surface area contributed by atoms with Gasteiger partial charge in [-0.1, -0.05) is 20.8 Å². The van der Waals surface area contributed by atoms with Crippen LogP contribution in [0.2, 0.25) is 0 Å². The fourth-order valence-electron chi connectivity index (χ4n) is 0.947. The Balaban J connectivity index is 2.52. The molecule has 0 aliphatic carbocycles. The molecule has 0 aromatic heterocycles. The average molecular weight is 194 g/mol. The molecule has 78 valence electrons. The molecule has 0 aliphatic rings. The SMILES string of the molecule is CC(C)(C)COc1ccc(NN)cc1. The Morgan fingerprint density at radius 1 is 1.21 bits per heavy atom. The highest BCUT2D eigenvalue weighted by Gasteiger charge is 2.10. The van der Waals surface area contributed by atoms with Gasteiger partial charge in [-0.15, -0.1) is 0 Å². The molecule has 0 saturated carbocycles. The van der Waals surface area contributed by atoms with Crippen LogP contribution in [0.5, 0.6) is 5.75 Å². The lowest BCUT2D eigenvalue weighted by Crippen LogP contribution is -2.16. The summed E-state index contributed by atoms with van der Waals surface area (Å²) in [5, 5.41) is 0. The smallest absolute Gasteiger partial charge is 0.119 e. The van der Waals surface area contributed by atoms with Crippen LogP contribution in [0.4, 0.5) is 5.69 Å². The summed E-state index contributed by atoms with van der Waals surface area (Å²) in [7, 11) is 0. The van der Waals surface area contributed by atoms with E-state index in [4.69, 9.17) is 10.6 Å². The second-order valence-electron chi connectivity index (χ2n) is 4.52. The Bertz CT molecular complexity index is 274. The van der Waals surface area contributed by atoms with Crippen molar-refractivity contribution in [1.82, 2.24) is 0 Å². The first-order valence-electron chi connectivity index (χ1n) is 4.71. The Morgan fingerprint density at radius 2 is 1.79 bits per heavy atom. The van der Waals surface area contributed by atoms with Crippen LogP contribution >= 0.6 is 0 Å². The second-order valence-corrected chi connectivity index (χ2v) is 4.52. The van der Waals surface area contributed by atoms with Gasteiger partial charge in [0.15, 0.2) is 0 Å². The Labute approximate surface area is 85.2 Å². The number of ether oxygens (including phenoxy) is 1. The third kappa shape index (κ3) is 3.66. The van der Waals surface area contributed by atoms with Gasteiger partial charge in [-0.3, -0.25) is 5.84 Å². The predicted octanol–water partition coefficient (Wildman–Crippen LogP) is 2.40. The molecule has 0 radical (unpaired) electrons. The van der Waals surface area contributed by atoms with Crippen LogP contribution in [0, 0.1) is 5.41 Å². The van der Waals surface area contributed by atoms with E-state index in [0.29, 0.717) is 6.61 Å². The van der Waals surface area contributed by atoms with Crippen molar-refractivity contribution < 1.29 is 4.74 Å². The minimum atomic E-state index is 0.185. The molecule has 0 unspecified atom stereocenters. The topological polar surface area (TPSA) is 47.3 Å². The largest absolute Gasteiger partial charge is 0.493 e. The van der Waals surface area contributed by atoms with Gasteiger partial charge in [-0.25, -0.2) is 0 Å². The highest BCUT2D eigenvalue weighted by atomic mass is 16.5. The number of benzene rings is 1. The minimum Gasteiger partial charge on any atom is -0.493 e. The maximum absolute atomic E-state index is 5.60. The predicted molar refractivity (Wildman–Crippen MR) is 59.2 cm³/mol. The zero-order chi connectivity index (χ0) is 10.6. The van der Waals surface area contributed by atoms with Crippen LogP contribution in [0.25, 0.3) is 0 Å². The maximum Gasteiger partial charge on any atom is 0.119 e. The summed E-state index contributed by atoms with van der Waals surface area (Å²) in [6.07, 6.45) is 0. The van der Waals surface area contributed by atoms with E-state index in [1.54, 1.807) is 0 Å². The van der Waals surface area contributed by atoms with Crippen molar-refractivity contribution in [3.63, 3.8) is 0 Å². The van der Waals surface area contributed by atoms with E-state index in [1.807, 2.05) is 24.3 Å². The molecule has 3 N–H and O–H groups in total. The molecule has 1 aromatic carbocycles. The number of nitrogens with one attached hydrogen (secondary N) is 1. The standard InChI is InChI=1S/C11H18N2O/c1-11(2,3)8-14-10-6-4-9(13-12)5-7-10/h4-7,13H,8,12H2,1-3H3. The summed E-state index contributed by atoms with van der Waals surface area (Å²) in [6, 6.07) is 7.58. The van der Waals surface area contributed by atoms with Crippen molar-refractivity contribution in [1.29, 1.82) is 0 Å². The number of hydrogen-bond donors (Lipinski definition) is 2. The zero-order valence-corrected chi connectivity index (χ0v) is 9.00. The molecule has 0 atom stereocenters. The first-order chi connectivity index (χ1) is 6.51. The van der Waals surface area contributed by atoms with E-state index >= 15 is 0 Å². The fraction of sp³-hybridized carbons (Fsp3) is 0.455. The Hall–Kier alpha value is -1.22. The third-order valence-electron chi connectivity index (χ3n) is 1.69. The molecule has 0 saturated heterocycles. The van der Waals surface area contributed by atoms with Crippen molar-refractivity contribution >= 4 is 5.69 Å². The molecule has 3 heteroatoms.